The molecule has 0 radical (unpaired) electrons. The fourth-order valence-corrected chi connectivity index (χ4v) is 1.66. The highest BCUT2D eigenvalue weighted by Gasteiger charge is 2.18. The number of aliphatic hydroxyl groups excluding tert-OH is 1. The molecule has 19 heavy (non-hydrogen) atoms. The van der Waals surface area contributed by atoms with Crippen molar-refractivity contribution in [3.8, 4) is 0 Å². The maximum atomic E-state index is 13.7. The predicted molar refractivity (Wildman–Crippen MR) is 69.4 cm³/mol. The number of halogens is 1. The SMILES string of the molecule is CCN(CCO)C(=O)c1cc(NC(C)=O)ccc1F. The van der Waals surface area contributed by atoms with Gasteiger partial charge in [-0.25, -0.2) is 4.39 Å². The van der Waals surface area contributed by atoms with Gasteiger partial charge in [0.05, 0.1) is 12.2 Å². The molecule has 1 aromatic carbocycles. The van der Waals surface area contributed by atoms with Crippen LogP contribution < -0.4 is 5.32 Å². The lowest BCUT2D eigenvalue weighted by Crippen LogP contribution is -2.34. The molecule has 2 N–H and O–H groups in total. The van der Waals surface area contributed by atoms with Crippen LogP contribution in [0.4, 0.5) is 10.1 Å². The average molecular weight is 268 g/mol. The number of rotatable bonds is 5. The van der Waals surface area contributed by atoms with Crippen molar-refractivity contribution in [3.63, 3.8) is 0 Å². The summed E-state index contributed by atoms with van der Waals surface area (Å²) in [5, 5.41) is 11.4. The minimum Gasteiger partial charge on any atom is -0.395 e. The molecule has 0 saturated heterocycles. The Hall–Kier alpha value is -1.95. The number of nitrogens with one attached hydrogen (secondary N) is 1. The highest BCUT2D eigenvalue weighted by atomic mass is 19.1. The molecule has 2 amide bonds. The number of nitrogens with zero attached hydrogens (tertiary/aromatic N) is 1. The topological polar surface area (TPSA) is 69.6 Å². The summed E-state index contributed by atoms with van der Waals surface area (Å²) in [6.45, 7) is 3.38. The maximum Gasteiger partial charge on any atom is 0.256 e. The number of amides is 2. The van der Waals surface area contributed by atoms with Gasteiger partial charge in [0.2, 0.25) is 5.91 Å². The van der Waals surface area contributed by atoms with Crippen LogP contribution in [0.5, 0.6) is 0 Å². The van der Waals surface area contributed by atoms with Gasteiger partial charge >= 0.3 is 0 Å². The summed E-state index contributed by atoms with van der Waals surface area (Å²) in [6.07, 6.45) is 0. The summed E-state index contributed by atoms with van der Waals surface area (Å²) in [5.41, 5.74) is 0.235. The number of likely N-dealkylation sites (N-methyl/N-ethyl adjacent to an activating group) is 1. The monoisotopic (exact) mass is 268 g/mol. The number of hydrogen-bond donors (Lipinski definition) is 2. The second-order valence-electron chi connectivity index (χ2n) is 3.98. The molecule has 0 heterocycles. The molecule has 0 aliphatic heterocycles. The fourth-order valence-electron chi connectivity index (χ4n) is 1.66. The van der Waals surface area contributed by atoms with Crippen LogP contribution in [-0.4, -0.2) is 41.5 Å². The smallest absolute Gasteiger partial charge is 0.256 e. The number of hydrogen-bond acceptors (Lipinski definition) is 3. The van der Waals surface area contributed by atoms with E-state index in [1.165, 1.54) is 24.0 Å². The summed E-state index contributed by atoms with van der Waals surface area (Å²) in [5.74, 6) is -1.47. The third kappa shape index (κ3) is 4.03. The van der Waals surface area contributed by atoms with Crippen molar-refractivity contribution in [1.29, 1.82) is 0 Å². The first-order valence-corrected chi connectivity index (χ1v) is 5.96. The van der Waals surface area contributed by atoms with Crippen molar-refractivity contribution in [2.45, 2.75) is 13.8 Å². The maximum absolute atomic E-state index is 13.7. The Bertz CT molecular complexity index is 477. The number of aliphatic hydroxyl groups is 1. The molecule has 1 rings (SSSR count). The summed E-state index contributed by atoms with van der Waals surface area (Å²) < 4.78 is 13.7. The Balaban J connectivity index is 3.03. The van der Waals surface area contributed by atoms with E-state index in [0.717, 1.165) is 6.07 Å². The van der Waals surface area contributed by atoms with E-state index in [1.807, 2.05) is 0 Å². The first kappa shape index (κ1) is 15.1. The van der Waals surface area contributed by atoms with Crippen LogP contribution in [0.2, 0.25) is 0 Å². The molecule has 0 spiro atoms. The van der Waals surface area contributed by atoms with Crippen molar-refractivity contribution < 1.29 is 19.1 Å². The highest BCUT2D eigenvalue weighted by Crippen LogP contribution is 2.16. The summed E-state index contributed by atoms with van der Waals surface area (Å²) in [4.78, 5) is 24.4. The first-order valence-electron chi connectivity index (χ1n) is 5.96. The Morgan fingerprint density at radius 2 is 2.11 bits per heavy atom. The zero-order valence-corrected chi connectivity index (χ0v) is 10.9. The zero-order valence-electron chi connectivity index (χ0n) is 10.9. The van der Waals surface area contributed by atoms with Gasteiger partial charge in [-0.3, -0.25) is 9.59 Å². The van der Waals surface area contributed by atoms with Gasteiger partial charge in [-0.1, -0.05) is 0 Å². The van der Waals surface area contributed by atoms with Crippen LogP contribution in [0.3, 0.4) is 0 Å². The van der Waals surface area contributed by atoms with Gasteiger partial charge in [-0.15, -0.1) is 0 Å². The van der Waals surface area contributed by atoms with E-state index in [4.69, 9.17) is 5.11 Å². The molecule has 0 saturated carbocycles. The van der Waals surface area contributed by atoms with Crippen molar-refractivity contribution >= 4 is 17.5 Å². The van der Waals surface area contributed by atoms with Crippen LogP contribution in [0, 0.1) is 5.82 Å². The van der Waals surface area contributed by atoms with E-state index < -0.39 is 11.7 Å². The van der Waals surface area contributed by atoms with Gasteiger partial charge in [0.15, 0.2) is 0 Å². The molecular formula is C13H17FN2O3. The zero-order chi connectivity index (χ0) is 14.4. The third-order valence-corrected chi connectivity index (χ3v) is 2.56. The Labute approximate surface area is 111 Å². The first-order chi connectivity index (χ1) is 8.99. The molecule has 0 fully saturated rings. The van der Waals surface area contributed by atoms with Gasteiger partial charge in [0, 0.05) is 25.7 Å². The largest absolute Gasteiger partial charge is 0.395 e. The molecule has 0 aliphatic rings. The van der Waals surface area contributed by atoms with E-state index in [9.17, 15) is 14.0 Å². The Morgan fingerprint density at radius 1 is 1.42 bits per heavy atom. The van der Waals surface area contributed by atoms with Gasteiger partial charge in [0.1, 0.15) is 5.82 Å². The van der Waals surface area contributed by atoms with Crippen LogP contribution in [0.15, 0.2) is 18.2 Å². The number of anilines is 1. The minimum atomic E-state index is -0.657. The van der Waals surface area contributed by atoms with Gasteiger partial charge in [-0.05, 0) is 25.1 Å². The van der Waals surface area contributed by atoms with Crippen molar-refractivity contribution in [3.05, 3.63) is 29.6 Å². The van der Waals surface area contributed by atoms with Crippen LogP contribution >= 0.6 is 0 Å². The van der Waals surface area contributed by atoms with E-state index in [-0.39, 0.29) is 24.6 Å². The van der Waals surface area contributed by atoms with E-state index >= 15 is 0 Å². The lowest BCUT2D eigenvalue weighted by atomic mass is 10.1. The fraction of sp³-hybridized carbons (Fsp3) is 0.385. The second kappa shape index (κ2) is 6.84. The average Bonchev–Trinajstić information content (AvgIpc) is 2.37. The molecule has 5 nitrogen and oxygen atoms in total. The number of carbonyl (C=O) groups is 2. The van der Waals surface area contributed by atoms with Crippen LogP contribution in [0.25, 0.3) is 0 Å². The lowest BCUT2D eigenvalue weighted by Gasteiger charge is -2.20. The highest BCUT2D eigenvalue weighted by molar-refractivity contribution is 5.97. The van der Waals surface area contributed by atoms with Crippen molar-refractivity contribution in [2.24, 2.45) is 0 Å². The molecule has 6 heteroatoms. The van der Waals surface area contributed by atoms with Crippen LogP contribution in [-0.2, 0) is 4.79 Å². The molecule has 0 unspecified atom stereocenters. The quantitative estimate of drug-likeness (QED) is 0.844. The summed E-state index contributed by atoms with van der Waals surface area (Å²) >= 11 is 0. The molecule has 0 atom stereocenters. The predicted octanol–water partition coefficient (Wildman–Crippen LogP) is 1.24. The minimum absolute atomic E-state index is 0.124. The molecule has 0 bridgehead atoms. The van der Waals surface area contributed by atoms with Crippen LogP contribution in [0.1, 0.15) is 24.2 Å². The van der Waals surface area contributed by atoms with Crippen molar-refractivity contribution in [1.82, 2.24) is 4.90 Å². The second-order valence-corrected chi connectivity index (χ2v) is 3.98. The summed E-state index contributed by atoms with van der Waals surface area (Å²) in [6, 6.07) is 3.81. The van der Waals surface area contributed by atoms with E-state index in [1.54, 1.807) is 6.92 Å². The van der Waals surface area contributed by atoms with E-state index in [2.05, 4.69) is 5.32 Å². The van der Waals surface area contributed by atoms with Gasteiger partial charge < -0.3 is 15.3 Å². The standard InChI is InChI=1S/C13H17FN2O3/c1-3-16(6-7-17)13(19)11-8-10(15-9(2)18)4-5-12(11)14/h4-5,8,17H,3,6-7H2,1-2H3,(H,15,18). The molecule has 1 aromatic rings. The van der Waals surface area contributed by atoms with Crippen molar-refractivity contribution in [2.75, 3.05) is 25.0 Å². The molecular weight excluding hydrogens is 251 g/mol. The Kier molecular flexibility index (Phi) is 5.44. The molecule has 104 valence electrons. The summed E-state index contributed by atoms with van der Waals surface area (Å²) in [7, 11) is 0. The van der Waals surface area contributed by atoms with E-state index in [0.29, 0.717) is 12.2 Å². The van der Waals surface area contributed by atoms with Gasteiger partial charge in [-0.2, -0.15) is 0 Å². The molecule has 0 aromatic heterocycles. The number of carbonyl (C=O) groups excluding carboxylic acids is 2. The van der Waals surface area contributed by atoms with Gasteiger partial charge in [0.25, 0.3) is 5.91 Å². The Morgan fingerprint density at radius 3 is 2.63 bits per heavy atom. The number of benzene rings is 1. The normalized spacial score (nSPS) is 10.1. The third-order valence-electron chi connectivity index (χ3n) is 2.56. The molecule has 0 aliphatic carbocycles. The lowest BCUT2D eigenvalue weighted by molar-refractivity contribution is -0.114.